The molecule has 7 nitrogen and oxygen atoms in total. The lowest BCUT2D eigenvalue weighted by Crippen LogP contribution is -2.31. The normalized spacial score (nSPS) is 11.3. The molecule has 0 radical (unpaired) electrons. The molecule has 1 N–H and O–H groups in total. The number of aromatic nitrogens is 2. The summed E-state index contributed by atoms with van der Waals surface area (Å²) in [7, 11) is -2.81. The van der Waals surface area contributed by atoms with E-state index in [0.717, 1.165) is 6.07 Å². The summed E-state index contributed by atoms with van der Waals surface area (Å²) in [5.41, 5.74) is 0.183. The van der Waals surface area contributed by atoms with Gasteiger partial charge < -0.3 is 9.30 Å². The van der Waals surface area contributed by atoms with Crippen molar-refractivity contribution < 1.29 is 22.3 Å². The summed E-state index contributed by atoms with van der Waals surface area (Å²) in [6, 6.07) is 8.18. The van der Waals surface area contributed by atoms with Gasteiger partial charge in [-0.1, -0.05) is 11.6 Å². The number of hydrogen-bond donors (Lipinski definition) is 1. The zero-order valence-electron chi connectivity index (χ0n) is 15.1. The first kappa shape index (κ1) is 21.3. The smallest absolute Gasteiger partial charge is 0.285 e. The zero-order valence-corrected chi connectivity index (χ0v) is 18.3. The van der Waals surface area contributed by atoms with Crippen molar-refractivity contribution in [2.75, 3.05) is 7.11 Å². The van der Waals surface area contributed by atoms with Crippen molar-refractivity contribution in [2.24, 2.45) is 0 Å². The Bertz CT molecular complexity index is 1190. The number of imidazole rings is 1. The average molecular weight is 503 g/mol. The number of sulfonamides is 1. The van der Waals surface area contributed by atoms with E-state index in [1.54, 1.807) is 13.0 Å². The van der Waals surface area contributed by atoms with E-state index in [0.29, 0.717) is 17.3 Å². The quantitative estimate of drug-likeness (QED) is 0.572. The lowest BCUT2D eigenvalue weighted by atomic mass is 10.3. The molecule has 152 valence electrons. The van der Waals surface area contributed by atoms with Gasteiger partial charge in [-0.3, -0.25) is 4.79 Å². The van der Waals surface area contributed by atoms with Crippen LogP contribution in [0.25, 0.3) is 5.69 Å². The van der Waals surface area contributed by atoms with Gasteiger partial charge in [-0.2, -0.15) is 0 Å². The zero-order chi connectivity index (χ0) is 21.3. The van der Waals surface area contributed by atoms with Crippen LogP contribution in [0.15, 0.2) is 52.0 Å². The van der Waals surface area contributed by atoms with Crippen molar-refractivity contribution in [1.82, 2.24) is 14.3 Å². The molecule has 11 heteroatoms. The molecule has 2 aromatic carbocycles. The van der Waals surface area contributed by atoms with Gasteiger partial charge in [0, 0.05) is 21.8 Å². The number of carbonyl (C=O) groups is 1. The Balaban J connectivity index is 1.92. The van der Waals surface area contributed by atoms with Crippen molar-refractivity contribution in [3.8, 4) is 11.4 Å². The Morgan fingerprint density at radius 3 is 2.66 bits per heavy atom. The van der Waals surface area contributed by atoms with E-state index >= 15 is 0 Å². The van der Waals surface area contributed by atoms with Crippen LogP contribution < -0.4 is 9.46 Å². The molecule has 0 aliphatic rings. The van der Waals surface area contributed by atoms with Gasteiger partial charge in [0.1, 0.15) is 28.0 Å². The minimum Gasteiger partial charge on any atom is -0.497 e. The first-order valence-electron chi connectivity index (χ1n) is 8.04. The van der Waals surface area contributed by atoms with Crippen LogP contribution in [0.4, 0.5) is 4.39 Å². The molecular weight excluding hydrogens is 489 g/mol. The molecule has 1 amide bonds. The van der Waals surface area contributed by atoms with Gasteiger partial charge in [0.05, 0.1) is 12.8 Å². The molecule has 0 saturated carbocycles. The third kappa shape index (κ3) is 4.60. The van der Waals surface area contributed by atoms with E-state index in [1.807, 2.05) is 4.72 Å². The molecule has 0 fully saturated rings. The molecule has 0 atom stereocenters. The fourth-order valence-electron chi connectivity index (χ4n) is 2.57. The summed E-state index contributed by atoms with van der Waals surface area (Å²) in [6.45, 7) is 1.59. The van der Waals surface area contributed by atoms with Gasteiger partial charge in [0.25, 0.3) is 15.9 Å². The van der Waals surface area contributed by atoms with Crippen LogP contribution in [0.1, 0.15) is 16.3 Å². The van der Waals surface area contributed by atoms with E-state index in [2.05, 4.69) is 20.9 Å². The standard InChI is InChI=1S/C18H14BrClFN3O4S/c1-10-22-16(9-24(10)13-6-11(20)5-12(21)7-13)18(25)23-29(26,27)17-8-14(28-2)3-4-15(17)19/h3-9H,1-2H3,(H,23,25). The summed E-state index contributed by atoms with van der Waals surface area (Å²) in [5, 5.41) is 0.171. The highest BCUT2D eigenvalue weighted by Gasteiger charge is 2.24. The van der Waals surface area contributed by atoms with Crippen LogP contribution in [0.3, 0.4) is 0 Å². The largest absolute Gasteiger partial charge is 0.497 e. The SMILES string of the molecule is COc1ccc(Br)c(S(=O)(=O)NC(=O)c2cn(-c3cc(F)cc(Cl)c3)c(C)n2)c1. The second kappa shape index (κ2) is 8.13. The van der Waals surface area contributed by atoms with Crippen LogP contribution >= 0.6 is 27.5 Å². The van der Waals surface area contributed by atoms with Crippen LogP contribution in [0, 0.1) is 12.7 Å². The lowest BCUT2D eigenvalue weighted by Gasteiger charge is -2.09. The highest BCUT2D eigenvalue weighted by atomic mass is 79.9. The first-order chi connectivity index (χ1) is 13.6. The third-order valence-corrected chi connectivity index (χ3v) is 6.44. The second-order valence-electron chi connectivity index (χ2n) is 5.90. The monoisotopic (exact) mass is 501 g/mol. The Kier molecular flexibility index (Phi) is 5.97. The van der Waals surface area contributed by atoms with Gasteiger partial charge in [0.2, 0.25) is 0 Å². The van der Waals surface area contributed by atoms with Crippen molar-refractivity contribution in [3.63, 3.8) is 0 Å². The van der Waals surface area contributed by atoms with Crippen LogP contribution in [-0.4, -0.2) is 31.0 Å². The molecular formula is C18H14BrClFN3O4S. The second-order valence-corrected chi connectivity index (χ2v) is 8.84. The highest BCUT2D eigenvalue weighted by Crippen LogP contribution is 2.26. The number of aryl methyl sites for hydroxylation is 1. The van der Waals surface area contributed by atoms with E-state index in [4.69, 9.17) is 16.3 Å². The van der Waals surface area contributed by atoms with Gasteiger partial charge in [-0.15, -0.1) is 0 Å². The fourth-order valence-corrected chi connectivity index (χ4v) is 4.72. The molecule has 0 bridgehead atoms. The number of amides is 1. The molecule has 0 spiro atoms. The van der Waals surface area contributed by atoms with Gasteiger partial charge in [-0.25, -0.2) is 22.5 Å². The Labute approximate surface area is 179 Å². The molecule has 3 rings (SSSR count). The molecule has 1 aromatic heterocycles. The molecule has 3 aromatic rings. The number of carbonyl (C=O) groups excluding carboxylic acids is 1. The number of halogens is 3. The minimum absolute atomic E-state index is 0.162. The van der Waals surface area contributed by atoms with Crippen molar-refractivity contribution in [1.29, 1.82) is 0 Å². The van der Waals surface area contributed by atoms with Crippen molar-refractivity contribution in [2.45, 2.75) is 11.8 Å². The van der Waals surface area contributed by atoms with Crippen LogP contribution in [0.5, 0.6) is 5.75 Å². The topological polar surface area (TPSA) is 90.3 Å². The summed E-state index contributed by atoms with van der Waals surface area (Å²) in [5.74, 6) is -0.845. The predicted molar refractivity (Wildman–Crippen MR) is 109 cm³/mol. The molecule has 29 heavy (non-hydrogen) atoms. The van der Waals surface area contributed by atoms with Crippen LogP contribution in [0.2, 0.25) is 5.02 Å². The van der Waals surface area contributed by atoms with E-state index < -0.39 is 21.7 Å². The summed E-state index contributed by atoms with van der Waals surface area (Å²) >= 11 is 9.02. The number of benzene rings is 2. The van der Waals surface area contributed by atoms with E-state index in [9.17, 15) is 17.6 Å². The Morgan fingerprint density at radius 2 is 2.00 bits per heavy atom. The van der Waals surface area contributed by atoms with Crippen molar-refractivity contribution in [3.05, 3.63) is 69.4 Å². The Hall–Kier alpha value is -2.43. The van der Waals surface area contributed by atoms with Crippen LogP contribution in [-0.2, 0) is 10.0 Å². The molecule has 1 heterocycles. The summed E-state index contributed by atoms with van der Waals surface area (Å²) in [4.78, 5) is 16.4. The van der Waals surface area contributed by atoms with E-state index in [-0.39, 0.29) is 20.1 Å². The fraction of sp³-hybridized carbons (Fsp3) is 0.111. The number of rotatable bonds is 5. The number of methoxy groups -OCH3 is 1. The number of ether oxygens (including phenoxy) is 1. The maximum atomic E-state index is 13.6. The minimum atomic E-state index is -4.21. The first-order valence-corrected chi connectivity index (χ1v) is 10.7. The maximum absolute atomic E-state index is 13.6. The lowest BCUT2D eigenvalue weighted by molar-refractivity contribution is 0.0977. The Morgan fingerprint density at radius 1 is 1.28 bits per heavy atom. The van der Waals surface area contributed by atoms with Gasteiger partial charge >= 0.3 is 0 Å². The highest BCUT2D eigenvalue weighted by molar-refractivity contribution is 9.10. The van der Waals surface area contributed by atoms with Crippen molar-refractivity contribution >= 4 is 43.5 Å². The molecule has 0 aliphatic carbocycles. The van der Waals surface area contributed by atoms with Gasteiger partial charge in [0.15, 0.2) is 0 Å². The summed E-state index contributed by atoms with van der Waals surface area (Å²) < 4.78 is 47.6. The number of nitrogens with one attached hydrogen (secondary N) is 1. The van der Waals surface area contributed by atoms with E-state index in [1.165, 1.54) is 42.1 Å². The summed E-state index contributed by atoms with van der Waals surface area (Å²) in [6.07, 6.45) is 1.30. The predicted octanol–water partition coefficient (Wildman–Crippen LogP) is 3.86. The van der Waals surface area contributed by atoms with Gasteiger partial charge in [-0.05, 0) is 53.2 Å². The molecule has 0 aliphatic heterocycles. The average Bonchev–Trinajstić information content (AvgIpc) is 3.03. The number of nitrogens with zero attached hydrogens (tertiary/aromatic N) is 2. The number of hydrogen-bond acceptors (Lipinski definition) is 5. The third-order valence-electron chi connectivity index (χ3n) is 3.90. The molecule has 0 saturated heterocycles. The molecule has 0 unspecified atom stereocenters. The maximum Gasteiger partial charge on any atom is 0.285 e.